The van der Waals surface area contributed by atoms with Crippen LogP contribution in [-0.4, -0.2) is 32.3 Å². The first kappa shape index (κ1) is 14.6. The van der Waals surface area contributed by atoms with Gasteiger partial charge in [0.15, 0.2) is 11.5 Å². The maximum atomic E-state index is 12.2. The average molecular weight is 301 g/mol. The molecule has 1 atom stereocenters. The van der Waals surface area contributed by atoms with E-state index in [2.05, 4.69) is 4.72 Å². The van der Waals surface area contributed by atoms with E-state index in [1.807, 2.05) is 0 Å². The Hall–Kier alpha value is -1.80. The van der Waals surface area contributed by atoms with Gasteiger partial charge in [-0.05, 0) is 18.1 Å². The number of carbonyl (C=O) groups is 1. The van der Waals surface area contributed by atoms with Crippen molar-refractivity contribution in [2.75, 3.05) is 6.79 Å². The topological polar surface area (TPSA) is 102 Å². The fourth-order valence-corrected chi connectivity index (χ4v) is 3.10. The maximum absolute atomic E-state index is 12.2. The fourth-order valence-electron chi connectivity index (χ4n) is 1.75. The third-order valence-electron chi connectivity index (χ3n) is 2.87. The van der Waals surface area contributed by atoms with Crippen molar-refractivity contribution in [3.8, 4) is 11.5 Å². The Bertz CT molecular complexity index is 625. The molecule has 7 nitrogen and oxygen atoms in total. The van der Waals surface area contributed by atoms with Crippen molar-refractivity contribution < 1.29 is 27.8 Å². The first-order valence-corrected chi connectivity index (χ1v) is 7.44. The second-order valence-corrected chi connectivity index (χ2v) is 6.41. The Labute approximate surface area is 116 Å². The molecular formula is C12H15NO6S. The molecule has 0 bridgehead atoms. The molecular weight excluding hydrogens is 286 g/mol. The van der Waals surface area contributed by atoms with Crippen LogP contribution in [0, 0.1) is 5.92 Å². The number of benzene rings is 1. The number of nitrogens with one attached hydrogen (secondary N) is 1. The van der Waals surface area contributed by atoms with E-state index in [0.717, 1.165) is 0 Å². The predicted octanol–water partition coefficient (Wildman–Crippen LogP) is 0.803. The predicted molar refractivity (Wildman–Crippen MR) is 69.1 cm³/mol. The Morgan fingerprint density at radius 3 is 2.55 bits per heavy atom. The molecule has 0 amide bonds. The monoisotopic (exact) mass is 301 g/mol. The van der Waals surface area contributed by atoms with Crippen LogP contribution in [0.25, 0.3) is 0 Å². The van der Waals surface area contributed by atoms with Crippen LogP contribution in [-0.2, 0) is 14.8 Å². The molecule has 20 heavy (non-hydrogen) atoms. The minimum absolute atomic E-state index is 0.0377. The van der Waals surface area contributed by atoms with E-state index in [1.54, 1.807) is 13.8 Å². The van der Waals surface area contributed by atoms with Crippen molar-refractivity contribution in [2.24, 2.45) is 5.92 Å². The number of hydrogen-bond acceptors (Lipinski definition) is 5. The Balaban J connectivity index is 2.28. The van der Waals surface area contributed by atoms with Gasteiger partial charge >= 0.3 is 5.97 Å². The van der Waals surface area contributed by atoms with Gasteiger partial charge in [-0.1, -0.05) is 13.8 Å². The molecule has 0 aliphatic carbocycles. The minimum Gasteiger partial charge on any atom is -0.480 e. The van der Waals surface area contributed by atoms with E-state index in [0.29, 0.717) is 11.5 Å². The van der Waals surface area contributed by atoms with E-state index >= 15 is 0 Å². The van der Waals surface area contributed by atoms with Crippen molar-refractivity contribution in [2.45, 2.75) is 24.8 Å². The van der Waals surface area contributed by atoms with Gasteiger partial charge in [0.2, 0.25) is 16.8 Å². The van der Waals surface area contributed by atoms with Crippen LogP contribution >= 0.6 is 0 Å². The molecule has 0 radical (unpaired) electrons. The van der Waals surface area contributed by atoms with Gasteiger partial charge in [-0.2, -0.15) is 4.72 Å². The zero-order valence-corrected chi connectivity index (χ0v) is 11.8. The summed E-state index contributed by atoms with van der Waals surface area (Å²) >= 11 is 0. The lowest BCUT2D eigenvalue weighted by Crippen LogP contribution is -2.44. The summed E-state index contributed by atoms with van der Waals surface area (Å²) in [5.74, 6) is -0.813. The van der Waals surface area contributed by atoms with Gasteiger partial charge in [-0.25, -0.2) is 8.42 Å². The highest BCUT2D eigenvalue weighted by Crippen LogP contribution is 2.33. The van der Waals surface area contributed by atoms with Crippen LogP contribution in [0.5, 0.6) is 11.5 Å². The number of carboxylic acid groups (broad SMARTS) is 1. The number of rotatable bonds is 5. The SMILES string of the molecule is CC(C)[C@@H](NS(=O)(=O)c1ccc2c(c1)OCO2)C(=O)O. The van der Waals surface area contributed by atoms with E-state index in [9.17, 15) is 13.2 Å². The number of carboxylic acids is 1. The number of hydrogen-bond donors (Lipinski definition) is 2. The molecule has 1 heterocycles. The lowest BCUT2D eigenvalue weighted by molar-refractivity contribution is -0.140. The first-order chi connectivity index (χ1) is 9.31. The molecule has 1 aromatic carbocycles. The standard InChI is InChI=1S/C12H15NO6S/c1-7(2)11(12(14)15)13-20(16,17)8-3-4-9-10(5-8)19-6-18-9/h3-5,7,11,13H,6H2,1-2H3,(H,14,15)/t11-/m1/s1. The van der Waals surface area contributed by atoms with E-state index in [4.69, 9.17) is 14.6 Å². The number of fused-ring (bicyclic) bond motifs is 1. The van der Waals surface area contributed by atoms with Crippen LogP contribution in [0.4, 0.5) is 0 Å². The van der Waals surface area contributed by atoms with Crippen LogP contribution in [0.1, 0.15) is 13.8 Å². The van der Waals surface area contributed by atoms with Gasteiger partial charge in [-0.3, -0.25) is 4.79 Å². The molecule has 0 spiro atoms. The van der Waals surface area contributed by atoms with Crippen molar-refractivity contribution in [1.29, 1.82) is 0 Å². The smallest absolute Gasteiger partial charge is 0.322 e. The van der Waals surface area contributed by atoms with Crippen LogP contribution < -0.4 is 14.2 Å². The molecule has 8 heteroatoms. The molecule has 0 fully saturated rings. The van der Waals surface area contributed by atoms with Crippen molar-refractivity contribution in [3.63, 3.8) is 0 Å². The Morgan fingerprint density at radius 2 is 1.95 bits per heavy atom. The summed E-state index contributed by atoms with van der Waals surface area (Å²) in [5, 5.41) is 9.04. The highest BCUT2D eigenvalue weighted by atomic mass is 32.2. The molecule has 1 aliphatic rings. The van der Waals surface area contributed by atoms with Crippen LogP contribution in [0.15, 0.2) is 23.1 Å². The summed E-state index contributed by atoms with van der Waals surface area (Å²) in [6, 6.07) is 2.94. The molecule has 110 valence electrons. The van der Waals surface area contributed by atoms with Crippen LogP contribution in [0.3, 0.4) is 0 Å². The molecule has 1 aromatic rings. The molecule has 2 rings (SSSR count). The molecule has 0 saturated carbocycles. The lowest BCUT2D eigenvalue weighted by atomic mass is 10.1. The lowest BCUT2D eigenvalue weighted by Gasteiger charge is -2.18. The highest BCUT2D eigenvalue weighted by Gasteiger charge is 2.29. The summed E-state index contributed by atoms with van der Waals surface area (Å²) in [7, 11) is -3.94. The molecule has 0 saturated heterocycles. The van der Waals surface area contributed by atoms with Gasteiger partial charge in [0.1, 0.15) is 6.04 Å². The summed E-state index contributed by atoms with van der Waals surface area (Å²) in [6.07, 6.45) is 0. The number of sulfonamides is 1. The van der Waals surface area contributed by atoms with Gasteiger partial charge in [-0.15, -0.1) is 0 Å². The van der Waals surface area contributed by atoms with Gasteiger partial charge in [0.25, 0.3) is 0 Å². The summed E-state index contributed by atoms with van der Waals surface area (Å²) in [6.45, 7) is 3.29. The van der Waals surface area contributed by atoms with Crippen molar-refractivity contribution in [3.05, 3.63) is 18.2 Å². The molecule has 2 N–H and O–H groups in total. The number of ether oxygens (including phenoxy) is 2. The van der Waals surface area contributed by atoms with Gasteiger partial charge in [0.05, 0.1) is 4.90 Å². The third-order valence-corrected chi connectivity index (χ3v) is 4.31. The van der Waals surface area contributed by atoms with Gasteiger partial charge < -0.3 is 14.6 Å². The van der Waals surface area contributed by atoms with Gasteiger partial charge in [0, 0.05) is 6.07 Å². The Morgan fingerprint density at radius 1 is 1.30 bits per heavy atom. The maximum Gasteiger partial charge on any atom is 0.322 e. The van der Waals surface area contributed by atoms with E-state index in [-0.39, 0.29) is 17.6 Å². The fraction of sp³-hybridized carbons (Fsp3) is 0.417. The number of aliphatic carboxylic acids is 1. The van der Waals surface area contributed by atoms with Crippen molar-refractivity contribution >= 4 is 16.0 Å². The zero-order chi connectivity index (χ0) is 14.9. The van der Waals surface area contributed by atoms with E-state index in [1.165, 1.54) is 18.2 Å². The molecule has 0 unspecified atom stereocenters. The minimum atomic E-state index is -3.94. The Kier molecular flexibility index (Phi) is 3.87. The second-order valence-electron chi connectivity index (χ2n) is 4.70. The quantitative estimate of drug-likeness (QED) is 0.834. The summed E-state index contributed by atoms with van der Waals surface area (Å²) in [4.78, 5) is 11.0. The summed E-state index contributed by atoms with van der Waals surface area (Å²) in [5.41, 5.74) is 0. The zero-order valence-electron chi connectivity index (χ0n) is 11.0. The molecule has 1 aliphatic heterocycles. The summed E-state index contributed by atoms with van der Waals surface area (Å²) < 4.78 is 36.7. The third kappa shape index (κ3) is 2.86. The average Bonchev–Trinajstić information content (AvgIpc) is 2.82. The second kappa shape index (κ2) is 5.29. The van der Waals surface area contributed by atoms with Crippen molar-refractivity contribution in [1.82, 2.24) is 4.72 Å². The van der Waals surface area contributed by atoms with Crippen LogP contribution in [0.2, 0.25) is 0 Å². The normalized spacial score (nSPS) is 15.3. The highest BCUT2D eigenvalue weighted by molar-refractivity contribution is 7.89. The molecule has 0 aromatic heterocycles. The largest absolute Gasteiger partial charge is 0.480 e. The van der Waals surface area contributed by atoms with E-state index < -0.39 is 22.0 Å². The first-order valence-electron chi connectivity index (χ1n) is 5.96.